The molecule has 0 radical (unpaired) electrons. The molecule has 0 aliphatic carbocycles. The molecule has 1 aliphatic heterocycles. The van der Waals surface area contributed by atoms with E-state index in [4.69, 9.17) is 34.5 Å². The number of carbonyl (C=O) groups excluding carboxylic acids is 1. The van der Waals surface area contributed by atoms with Gasteiger partial charge in [-0.25, -0.2) is 0 Å². The largest absolute Gasteiger partial charge is 0.402 e. The van der Waals surface area contributed by atoms with Crippen LogP contribution >= 0.6 is 23.8 Å². The topological polar surface area (TPSA) is 55.5 Å². The van der Waals surface area contributed by atoms with Crippen LogP contribution in [-0.4, -0.2) is 22.4 Å². The summed E-state index contributed by atoms with van der Waals surface area (Å²) in [5.74, 6) is 0.0385. The first-order valence-electron chi connectivity index (χ1n) is 8.32. The lowest BCUT2D eigenvalue weighted by Gasteiger charge is -2.15. The molecular formula is C21H19ClN2OS. The Morgan fingerprint density at radius 2 is 1.73 bits per heavy atom. The summed E-state index contributed by atoms with van der Waals surface area (Å²) in [6.45, 7) is 3.38. The number of carbonyl (C=O) groups is 1. The predicted molar refractivity (Wildman–Crippen MR) is 112 cm³/mol. The van der Waals surface area contributed by atoms with E-state index < -0.39 is 6.04 Å². The molecule has 3 nitrogen and oxygen atoms in total. The van der Waals surface area contributed by atoms with Crippen molar-refractivity contribution in [1.82, 2.24) is 0 Å². The average Bonchev–Trinajstić information content (AvgIpc) is 2.70. The Balaban J connectivity index is 2.29. The molecule has 0 bridgehead atoms. The summed E-state index contributed by atoms with van der Waals surface area (Å²) in [7, 11) is 0. The predicted octanol–water partition coefficient (Wildman–Crippen LogP) is 4.60. The van der Waals surface area contributed by atoms with Gasteiger partial charge in [0.25, 0.3) is 0 Å². The first-order valence-corrected chi connectivity index (χ1v) is 9.10. The molecule has 5 heteroatoms. The van der Waals surface area contributed by atoms with Crippen LogP contribution in [0.5, 0.6) is 0 Å². The Labute approximate surface area is 163 Å². The molecule has 1 aliphatic rings. The molecule has 132 valence electrons. The smallest absolute Gasteiger partial charge is 0.132 e. The molecule has 3 rings (SSSR count). The summed E-state index contributed by atoms with van der Waals surface area (Å²) in [5, 5.41) is 0.658. The molecule has 0 saturated carbocycles. The maximum Gasteiger partial charge on any atom is 0.132 e. The SMILES string of the molecule is CC(=O)C[C@@H]1N=C(c2ccc(Cl)cc2)c2ccccc2/C(=C(\C)N)C1=S. The number of Topliss-reactive ketones (excluding diaryl/α,β-unsaturated/α-hetero) is 1. The second-order valence-corrected chi connectivity index (χ2v) is 7.25. The summed E-state index contributed by atoms with van der Waals surface area (Å²) in [6.07, 6.45) is 0.251. The molecule has 0 spiro atoms. The van der Waals surface area contributed by atoms with E-state index >= 15 is 0 Å². The zero-order chi connectivity index (χ0) is 18.8. The van der Waals surface area contributed by atoms with Gasteiger partial charge in [-0.3, -0.25) is 9.79 Å². The maximum absolute atomic E-state index is 11.8. The first kappa shape index (κ1) is 18.5. The highest BCUT2D eigenvalue weighted by atomic mass is 35.5. The number of halogens is 1. The van der Waals surface area contributed by atoms with Crippen molar-refractivity contribution >= 4 is 45.8 Å². The Hall–Kier alpha value is -2.30. The standard InChI is InChI=1S/C21H19ClN2OS/c1-12(25)11-18-21(26)19(13(2)23)16-5-3-4-6-17(16)20(24-18)14-7-9-15(22)10-8-14/h3-10,18H,11,23H2,1-2H3/b19-13-/t18-/m0/s1. The molecule has 2 aromatic rings. The van der Waals surface area contributed by atoms with Crippen molar-refractivity contribution in [2.24, 2.45) is 10.7 Å². The van der Waals surface area contributed by atoms with Crippen LogP contribution in [0.2, 0.25) is 5.02 Å². The van der Waals surface area contributed by atoms with Crippen molar-refractivity contribution in [2.45, 2.75) is 26.3 Å². The molecule has 1 atom stereocenters. The lowest BCUT2D eigenvalue weighted by atomic mass is 9.91. The van der Waals surface area contributed by atoms with Crippen molar-refractivity contribution in [3.8, 4) is 0 Å². The van der Waals surface area contributed by atoms with Crippen molar-refractivity contribution in [3.63, 3.8) is 0 Å². The third kappa shape index (κ3) is 3.62. The van der Waals surface area contributed by atoms with Gasteiger partial charge in [0.05, 0.1) is 11.8 Å². The number of hydrogen-bond acceptors (Lipinski definition) is 4. The van der Waals surface area contributed by atoms with Crippen molar-refractivity contribution in [1.29, 1.82) is 0 Å². The average molecular weight is 383 g/mol. The van der Waals surface area contributed by atoms with Gasteiger partial charge in [0.15, 0.2) is 0 Å². The van der Waals surface area contributed by atoms with Crippen molar-refractivity contribution in [2.75, 3.05) is 0 Å². The number of fused-ring (bicyclic) bond motifs is 1. The number of benzene rings is 2. The molecule has 0 fully saturated rings. The van der Waals surface area contributed by atoms with E-state index in [1.807, 2.05) is 55.5 Å². The van der Waals surface area contributed by atoms with Crippen LogP contribution in [0.1, 0.15) is 37.0 Å². The normalized spacial score (nSPS) is 18.7. The Morgan fingerprint density at radius 3 is 2.31 bits per heavy atom. The fraction of sp³-hybridized carbons (Fsp3) is 0.190. The van der Waals surface area contributed by atoms with Gasteiger partial charge >= 0.3 is 0 Å². The quantitative estimate of drug-likeness (QED) is 0.623. The summed E-state index contributed by atoms with van der Waals surface area (Å²) in [4.78, 5) is 17.3. The fourth-order valence-electron chi connectivity index (χ4n) is 3.15. The lowest BCUT2D eigenvalue weighted by molar-refractivity contribution is -0.117. The second kappa shape index (κ2) is 7.52. The molecule has 0 aromatic heterocycles. The van der Waals surface area contributed by atoms with Crippen LogP contribution in [0.4, 0.5) is 0 Å². The molecule has 0 saturated heterocycles. The molecule has 1 heterocycles. The number of nitrogens with two attached hydrogens (primary N) is 1. The monoisotopic (exact) mass is 382 g/mol. The Kier molecular flexibility index (Phi) is 5.35. The summed E-state index contributed by atoms with van der Waals surface area (Å²) < 4.78 is 0. The van der Waals surface area contributed by atoms with Gasteiger partial charge in [-0.15, -0.1) is 0 Å². The molecule has 2 N–H and O–H groups in total. The molecule has 0 amide bonds. The van der Waals surface area contributed by atoms with Gasteiger partial charge < -0.3 is 5.73 Å². The van der Waals surface area contributed by atoms with Crippen LogP contribution in [-0.2, 0) is 4.79 Å². The number of hydrogen-bond donors (Lipinski definition) is 1. The number of thiocarbonyl (C=S) groups is 1. The van der Waals surface area contributed by atoms with Gasteiger partial charge in [-0.05, 0) is 31.5 Å². The van der Waals surface area contributed by atoms with Gasteiger partial charge in [-0.2, -0.15) is 0 Å². The van der Waals surface area contributed by atoms with Crippen LogP contribution in [0.3, 0.4) is 0 Å². The van der Waals surface area contributed by atoms with Crippen LogP contribution in [0.15, 0.2) is 59.2 Å². The highest BCUT2D eigenvalue weighted by Gasteiger charge is 2.28. The molecular weight excluding hydrogens is 364 g/mol. The summed E-state index contributed by atoms with van der Waals surface area (Å²) >= 11 is 11.8. The van der Waals surface area contributed by atoms with Gasteiger partial charge in [0, 0.05) is 38.7 Å². The van der Waals surface area contributed by atoms with Crippen LogP contribution < -0.4 is 5.73 Å². The zero-order valence-corrected chi connectivity index (χ0v) is 16.2. The Bertz CT molecular complexity index is 941. The minimum atomic E-state index is -0.422. The van der Waals surface area contributed by atoms with Gasteiger partial charge in [0.2, 0.25) is 0 Å². The summed E-state index contributed by atoms with van der Waals surface area (Å²) in [6, 6.07) is 15.0. The second-order valence-electron chi connectivity index (χ2n) is 6.37. The van der Waals surface area contributed by atoms with E-state index in [0.717, 1.165) is 28.0 Å². The number of ketones is 1. The third-order valence-electron chi connectivity index (χ3n) is 4.28. The Morgan fingerprint density at radius 1 is 1.12 bits per heavy atom. The van der Waals surface area contributed by atoms with E-state index in [2.05, 4.69) is 0 Å². The van der Waals surface area contributed by atoms with E-state index in [9.17, 15) is 4.79 Å². The highest BCUT2D eigenvalue weighted by molar-refractivity contribution is 7.81. The van der Waals surface area contributed by atoms with Crippen molar-refractivity contribution in [3.05, 3.63) is 75.9 Å². The highest BCUT2D eigenvalue weighted by Crippen LogP contribution is 2.32. The van der Waals surface area contributed by atoms with Gasteiger partial charge in [-0.1, -0.05) is 60.2 Å². The van der Waals surface area contributed by atoms with Crippen LogP contribution in [0.25, 0.3) is 5.57 Å². The maximum atomic E-state index is 11.8. The molecule has 2 aromatic carbocycles. The number of nitrogens with zero attached hydrogens (tertiary/aromatic N) is 1. The first-order chi connectivity index (χ1) is 12.4. The van der Waals surface area contributed by atoms with E-state index in [0.29, 0.717) is 15.6 Å². The van der Waals surface area contributed by atoms with Crippen LogP contribution in [0, 0.1) is 0 Å². The number of allylic oxidation sites excluding steroid dienone is 1. The zero-order valence-electron chi connectivity index (χ0n) is 14.6. The van der Waals surface area contributed by atoms with E-state index in [1.165, 1.54) is 0 Å². The fourth-order valence-corrected chi connectivity index (χ4v) is 3.68. The molecule has 26 heavy (non-hydrogen) atoms. The van der Waals surface area contributed by atoms with Gasteiger partial charge in [0.1, 0.15) is 5.78 Å². The minimum Gasteiger partial charge on any atom is -0.402 e. The van der Waals surface area contributed by atoms with Crippen molar-refractivity contribution < 1.29 is 4.79 Å². The third-order valence-corrected chi connectivity index (χ3v) is 5.01. The number of aliphatic imine (C=N–C) groups is 1. The minimum absolute atomic E-state index is 0.0385. The lowest BCUT2D eigenvalue weighted by Crippen LogP contribution is -2.22. The molecule has 0 unspecified atom stereocenters. The summed E-state index contributed by atoms with van der Waals surface area (Å²) in [5.41, 5.74) is 11.2. The van der Waals surface area contributed by atoms with E-state index in [1.54, 1.807) is 6.92 Å². The number of rotatable bonds is 3. The van der Waals surface area contributed by atoms with E-state index in [-0.39, 0.29) is 12.2 Å².